The van der Waals surface area contributed by atoms with Crippen molar-refractivity contribution in [2.75, 3.05) is 0 Å². The van der Waals surface area contributed by atoms with Gasteiger partial charge in [0.1, 0.15) is 0 Å². The van der Waals surface area contributed by atoms with Crippen LogP contribution in [-0.2, 0) is 19.2 Å². The standard InChI is InChI=1S/C10H7NO6/c12-6-3-4-1-2-5(9(14)15)11(4)8(13)7(6)10(16)17/h1-3,5,7H,(H,14,15)(H,16,17)/t5-,7?/m1/s1. The number of nitrogens with zero attached hydrogens (tertiary/aromatic N) is 1. The molecule has 0 fully saturated rings. The largest absolute Gasteiger partial charge is 0.480 e. The quantitative estimate of drug-likeness (QED) is 0.596. The van der Waals surface area contributed by atoms with E-state index in [1.807, 2.05) is 0 Å². The third kappa shape index (κ3) is 1.52. The van der Waals surface area contributed by atoms with Crippen LogP contribution in [0.3, 0.4) is 0 Å². The molecule has 1 amide bonds. The fourth-order valence-corrected chi connectivity index (χ4v) is 1.81. The van der Waals surface area contributed by atoms with Crippen LogP contribution in [0.1, 0.15) is 0 Å². The molecule has 0 radical (unpaired) electrons. The number of hydrogen-bond donors (Lipinski definition) is 2. The minimum Gasteiger partial charge on any atom is -0.480 e. The van der Waals surface area contributed by atoms with E-state index in [1.165, 1.54) is 12.2 Å². The van der Waals surface area contributed by atoms with E-state index < -0.39 is 35.6 Å². The SMILES string of the molecule is O=C(O)C1C(=O)C=C2C=C[C@H](C(=O)O)N2C1=O. The molecule has 0 aromatic heterocycles. The van der Waals surface area contributed by atoms with Crippen LogP contribution in [0, 0.1) is 5.92 Å². The Balaban J connectivity index is 2.45. The van der Waals surface area contributed by atoms with Crippen molar-refractivity contribution in [1.29, 1.82) is 0 Å². The van der Waals surface area contributed by atoms with Crippen LogP contribution in [0.4, 0.5) is 0 Å². The number of carbonyl (C=O) groups is 4. The number of amides is 1. The minimum absolute atomic E-state index is 0.116. The van der Waals surface area contributed by atoms with Crippen LogP contribution in [0.25, 0.3) is 0 Å². The number of aliphatic carboxylic acids is 2. The maximum Gasteiger partial charge on any atom is 0.330 e. The summed E-state index contributed by atoms with van der Waals surface area (Å²) in [5.74, 6) is -6.56. The number of carboxylic acid groups (broad SMARTS) is 2. The highest BCUT2D eigenvalue weighted by Crippen LogP contribution is 2.28. The molecule has 2 N–H and O–H groups in total. The summed E-state index contributed by atoms with van der Waals surface area (Å²) in [6.45, 7) is 0. The fourth-order valence-electron chi connectivity index (χ4n) is 1.81. The minimum atomic E-state index is -1.85. The van der Waals surface area contributed by atoms with Crippen molar-refractivity contribution in [2.45, 2.75) is 6.04 Å². The first-order chi connectivity index (χ1) is 7.93. The molecule has 1 unspecified atom stereocenters. The molecule has 0 saturated heterocycles. The molecule has 0 aromatic rings. The van der Waals surface area contributed by atoms with Gasteiger partial charge in [-0.3, -0.25) is 19.3 Å². The Labute approximate surface area is 94.6 Å². The molecule has 2 rings (SSSR count). The molecule has 0 aliphatic carbocycles. The van der Waals surface area contributed by atoms with E-state index in [4.69, 9.17) is 10.2 Å². The topological polar surface area (TPSA) is 112 Å². The highest BCUT2D eigenvalue weighted by molar-refractivity contribution is 6.22. The lowest BCUT2D eigenvalue weighted by Gasteiger charge is -2.28. The van der Waals surface area contributed by atoms with Crippen LogP contribution >= 0.6 is 0 Å². The molecule has 7 heteroatoms. The van der Waals surface area contributed by atoms with E-state index in [0.717, 1.165) is 11.0 Å². The molecular formula is C10H7NO6. The molecule has 0 aromatic carbocycles. The van der Waals surface area contributed by atoms with Gasteiger partial charge in [0.05, 0.1) is 0 Å². The lowest BCUT2D eigenvalue weighted by Crippen LogP contribution is -2.49. The Hall–Kier alpha value is -2.44. The van der Waals surface area contributed by atoms with Gasteiger partial charge >= 0.3 is 11.9 Å². The lowest BCUT2D eigenvalue weighted by molar-refractivity contribution is -0.157. The van der Waals surface area contributed by atoms with Gasteiger partial charge in [0, 0.05) is 11.8 Å². The molecule has 17 heavy (non-hydrogen) atoms. The zero-order valence-corrected chi connectivity index (χ0v) is 8.36. The Bertz CT molecular complexity index is 503. The summed E-state index contributed by atoms with van der Waals surface area (Å²) >= 11 is 0. The van der Waals surface area contributed by atoms with Gasteiger partial charge in [0.15, 0.2) is 17.7 Å². The summed E-state index contributed by atoms with van der Waals surface area (Å²) in [6.07, 6.45) is 3.51. The van der Waals surface area contributed by atoms with Crippen molar-refractivity contribution in [3.8, 4) is 0 Å². The van der Waals surface area contributed by atoms with Crippen molar-refractivity contribution in [3.05, 3.63) is 23.9 Å². The number of allylic oxidation sites excluding steroid dienone is 2. The van der Waals surface area contributed by atoms with Gasteiger partial charge in [-0.05, 0) is 12.2 Å². The lowest BCUT2D eigenvalue weighted by atomic mass is 9.97. The molecule has 0 saturated carbocycles. The Morgan fingerprint density at radius 3 is 2.35 bits per heavy atom. The van der Waals surface area contributed by atoms with Gasteiger partial charge in [-0.15, -0.1) is 0 Å². The number of rotatable bonds is 2. The fraction of sp³-hybridized carbons (Fsp3) is 0.200. The van der Waals surface area contributed by atoms with Crippen molar-refractivity contribution in [1.82, 2.24) is 4.90 Å². The second kappa shape index (κ2) is 3.55. The van der Waals surface area contributed by atoms with Gasteiger partial charge in [0.25, 0.3) is 0 Å². The second-order valence-corrected chi connectivity index (χ2v) is 3.59. The molecule has 7 nitrogen and oxygen atoms in total. The van der Waals surface area contributed by atoms with Crippen molar-refractivity contribution < 1.29 is 29.4 Å². The predicted molar refractivity (Wildman–Crippen MR) is 51.6 cm³/mol. The number of hydrogen-bond acceptors (Lipinski definition) is 4. The molecule has 0 bridgehead atoms. The van der Waals surface area contributed by atoms with Crippen LogP contribution in [0.5, 0.6) is 0 Å². The molecule has 2 aliphatic heterocycles. The second-order valence-electron chi connectivity index (χ2n) is 3.59. The normalized spacial score (nSPS) is 26.8. The Kier molecular flexibility index (Phi) is 2.31. The average molecular weight is 237 g/mol. The van der Waals surface area contributed by atoms with Gasteiger partial charge in [-0.1, -0.05) is 0 Å². The Morgan fingerprint density at radius 2 is 1.82 bits per heavy atom. The molecule has 2 heterocycles. The number of fused-ring (bicyclic) bond motifs is 1. The molecule has 88 valence electrons. The van der Waals surface area contributed by atoms with E-state index in [9.17, 15) is 19.2 Å². The van der Waals surface area contributed by atoms with Crippen LogP contribution in [0.15, 0.2) is 23.9 Å². The summed E-state index contributed by atoms with van der Waals surface area (Å²) in [6, 6.07) is -1.25. The summed E-state index contributed by atoms with van der Waals surface area (Å²) in [5, 5.41) is 17.6. The molecule has 2 atom stereocenters. The van der Waals surface area contributed by atoms with Crippen molar-refractivity contribution >= 4 is 23.6 Å². The van der Waals surface area contributed by atoms with E-state index in [2.05, 4.69) is 0 Å². The first-order valence-electron chi connectivity index (χ1n) is 4.66. The zero-order valence-electron chi connectivity index (χ0n) is 8.36. The van der Waals surface area contributed by atoms with Crippen molar-refractivity contribution in [3.63, 3.8) is 0 Å². The third-order valence-corrected chi connectivity index (χ3v) is 2.56. The van der Waals surface area contributed by atoms with E-state index in [-0.39, 0.29) is 5.70 Å². The van der Waals surface area contributed by atoms with Gasteiger partial charge < -0.3 is 10.2 Å². The maximum absolute atomic E-state index is 11.8. The molecular weight excluding hydrogens is 230 g/mol. The van der Waals surface area contributed by atoms with Crippen LogP contribution in [-0.4, -0.2) is 44.8 Å². The first kappa shape index (κ1) is 11.1. The number of carbonyl (C=O) groups excluding carboxylic acids is 2. The predicted octanol–water partition coefficient (Wildman–Crippen LogP) is -0.995. The van der Waals surface area contributed by atoms with Crippen molar-refractivity contribution in [2.24, 2.45) is 5.92 Å². The highest BCUT2D eigenvalue weighted by Gasteiger charge is 2.46. The van der Waals surface area contributed by atoms with Gasteiger partial charge in [-0.25, -0.2) is 4.79 Å². The zero-order chi connectivity index (χ0) is 12.7. The Morgan fingerprint density at radius 1 is 1.18 bits per heavy atom. The average Bonchev–Trinajstić information content (AvgIpc) is 2.60. The van der Waals surface area contributed by atoms with E-state index >= 15 is 0 Å². The van der Waals surface area contributed by atoms with Gasteiger partial charge in [-0.2, -0.15) is 0 Å². The number of carboxylic acids is 2. The van der Waals surface area contributed by atoms with Gasteiger partial charge in [0.2, 0.25) is 5.91 Å². The highest BCUT2D eigenvalue weighted by atomic mass is 16.4. The summed E-state index contributed by atoms with van der Waals surface area (Å²) in [5.41, 5.74) is 0.116. The summed E-state index contributed by atoms with van der Waals surface area (Å²) in [7, 11) is 0. The summed E-state index contributed by atoms with van der Waals surface area (Å²) in [4.78, 5) is 45.6. The van der Waals surface area contributed by atoms with Crippen LogP contribution < -0.4 is 0 Å². The van der Waals surface area contributed by atoms with Crippen LogP contribution in [0.2, 0.25) is 0 Å². The van der Waals surface area contributed by atoms with E-state index in [1.54, 1.807) is 0 Å². The molecule has 2 aliphatic rings. The van der Waals surface area contributed by atoms with E-state index in [0.29, 0.717) is 0 Å². The summed E-state index contributed by atoms with van der Waals surface area (Å²) < 4.78 is 0. The monoisotopic (exact) mass is 237 g/mol. The first-order valence-corrected chi connectivity index (χ1v) is 4.66. The smallest absolute Gasteiger partial charge is 0.330 e. The molecule has 0 spiro atoms. The maximum atomic E-state index is 11.8. The third-order valence-electron chi connectivity index (χ3n) is 2.56. The number of ketones is 1.